The molecule has 0 radical (unpaired) electrons. The first-order chi connectivity index (χ1) is 13.6. The number of hydrogen-bond donors (Lipinski definition) is 1. The molecule has 2 fully saturated rings. The number of carbonyl (C=O) groups excluding carboxylic acids is 2. The van der Waals surface area contributed by atoms with Crippen LogP contribution in [-0.2, 0) is 16.8 Å². The van der Waals surface area contributed by atoms with Crippen LogP contribution in [0.25, 0.3) is 0 Å². The number of amides is 3. The van der Waals surface area contributed by atoms with Gasteiger partial charge in [0.1, 0.15) is 11.8 Å². The molecule has 3 aliphatic rings. The van der Waals surface area contributed by atoms with E-state index in [1.165, 1.54) is 16.9 Å². The number of benzene rings is 1. The Morgan fingerprint density at radius 3 is 2.64 bits per heavy atom. The molecular weight excluding hydrogens is 356 g/mol. The van der Waals surface area contributed by atoms with Gasteiger partial charge in [0.15, 0.2) is 0 Å². The highest BCUT2D eigenvalue weighted by Gasteiger charge is 2.53. The molecule has 1 saturated heterocycles. The summed E-state index contributed by atoms with van der Waals surface area (Å²) in [6, 6.07) is 7.41. The number of urea groups is 1. The van der Waals surface area contributed by atoms with Gasteiger partial charge in [-0.1, -0.05) is 31.4 Å². The van der Waals surface area contributed by atoms with Gasteiger partial charge in [0.2, 0.25) is 0 Å². The maximum Gasteiger partial charge on any atom is 0.328 e. The van der Waals surface area contributed by atoms with E-state index >= 15 is 0 Å². The van der Waals surface area contributed by atoms with Crippen LogP contribution in [0.3, 0.4) is 0 Å². The van der Waals surface area contributed by atoms with E-state index in [1.54, 1.807) is 18.2 Å². The Kier molecular flexibility index (Phi) is 3.92. The predicted molar refractivity (Wildman–Crippen MR) is 102 cm³/mol. The molecule has 0 spiro atoms. The molecule has 2 aliphatic heterocycles. The minimum atomic E-state index is -0.516. The summed E-state index contributed by atoms with van der Waals surface area (Å²) in [5.41, 5.74) is 2.70. The van der Waals surface area contributed by atoms with Crippen LogP contribution in [0, 0.1) is 0 Å². The van der Waals surface area contributed by atoms with Gasteiger partial charge in [-0.25, -0.2) is 4.79 Å². The third-order valence-corrected chi connectivity index (χ3v) is 6.64. The van der Waals surface area contributed by atoms with Crippen molar-refractivity contribution in [3.63, 3.8) is 0 Å². The smallest absolute Gasteiger partial charge is 0.328 e. The van der Waals surface area contributed by atoms with Crippen molar-refractivity contribution < 1.29 is 14.3 Å². The lowest BCUT2D eigenvalue weighted by Crippen LogP contribution is -2.45. The zero-order valence-corrected chi connectivity index (χ0v) is 16.0. The monoisotopic (exact) mass is 380 g/mol. The maximum atomic E-state index is 13.2. The van der Waals surface area contributed by atoms with E-state index in [2.05, 4.69) is 22.3 Å². The molecule has 1 atom stereocenters. The summed E-state index contributed by atoms with van der Waals surface area (Å²) in [5.74, 6) is 0.694. The Morgan fingerprint density at radius 2 is 1.93 bits per heavy atom. The number of methoxy groups -OCH3 is 1. The number of aromatic amines is 1. The fraction of sp³-hybridized carbons (Fsp3) is 0.476. The van der Waals surface area contributed by atoms with Crippen molar-refractivity contribution in [2.45, 2.75) is 50.1 Å². The molecule has 3 heterocycles. The van der Waals surface area contributed by atoms with Crippen molar-refractivity contribution in [3.05, 3.63) is 47.3 Å². The third kappa shape index (κ3) is 2.45. The topological polar surface area (TPSA) is 78.5 Å². The van der Waals surface area contributed by atoms with Crippen LogP contribution in [-0.4, -0.2) is 45.6 Å². The molecule has 1 aromatic carbocycles. The predicted octanol–water partition coefficient (Wildman–Crippen LogP) is 3.14. The third-order valence-electron chi connectivity index (χ3n) is 6.64. The lowest BCUT2D eigenvalue weighted by Gasteiger charge is -2.40. The Hall–Kier alpha value is -2.83. The van der Waals surface area contributed by atoms with E-state index in [0.29, 0.717) is 13.1 Å². The van der Waals surface area contributed by atoms with Gasteiger partial charge in [-0.2, -0.15) is 5.10 Å². The minimum Gasteiger partial charge on any atom is -0.497 e. The van der Waals surface area contributed by atoms with E-state index in [9.17, 15) is 9.59 Å². The van der Waals surface area contributed by atoms with E-state index in [0.717, 1.165) is 42.7 Å². The highest BCUT2D eigenvalue weighted by atomic mass is 16.5. The van der Waals surface area contributed by atoms with Gasteiger partial charge < -0.3 is 9.64 Å². The van der Waals surface area contributed by atoms with Crippen LogP contribution < -0.4 is 4.74 Å². The molecule has 1 saturated carbocycles. The Bertz CT molecular complexity index is 914. The standard InChI is InChI=1S/C21H24N4O3/c1-28-15-7-5-14(6-8-15)21(9-3-2-4-10-21)13-25-19(26)18-16-11-22-23-17(16)12-24(18)20(25)27/h5-8,11,18H,2-4,9-10,12-13H2,1H3,(H,22,23). The average Bonchev–Trinajstić information content (AvgIpc) is 3.38. The number of fused-ring (bicyclic) bond motifs is 3. The van der Waals surface area contributed by atoms with Crippen LogP contribution in [0.2, 0.25) is 0 Å². The van der Waals surface area contributed by atoms with Crippen LogP contribution in [0.5, 0.6) is 5.75 Å². The van der Waals surface area contributed by atoms with Crippen molar-refractivity contribution in [1.82, 2.24) is 20.0 Å². The minimum absolute atomic E-state index is 0.122. The summed E-state index contributed by atoms with van der Waals surface area (Å²) in [5, 5.41) is 6.94. The second-order valence-electron chi connectivity index (χ2n) is 8.11. The summed E-state index contributed by atoms with van der Waals surface area (Å²) in [6.07, 6.45) is 7.07. The van der Waals surface area contributed by atoms with Gasteiger partial charge in [0, 0.05) is 17.5 Å². The number of carbonyl (C=O) groups is 2. The average molecular weight is 380 g/mol. The summed E-state index contributed by atoms with van der Waals surface area (Å²) in [6.45, 7) is 0.869. The zero-order valence-electron chi connectivity index (χ0n) is 16.0. The molecule has 2 aromatic rings. The fourth-order valence-corrected chi connectivity index (χ4v) is 5.11. The SMILES string of the molecule is COc1ccc(C2(CN3C(=O)C4c5cn[nH]c5CN4C3=O)CCCCC2)cc1. The van der Waals surface area contributed by atoms with Gasteiger partial charge in [-0.15, -0.1) is 0 Å². The molecule has 7 heteroatoms. The lowest BCUT2D eigenvalue weighted by atomic mass is 9.69. The highest BCUT2D eigenvalue weighted by Crippen LogP contribution is 2.44. The highest BCUT2D eigenvalue weighted by molar-refractivity contribution is 6.05. The number of imide groups is 1. The summed E-state index contributed by atoms with van der Waals surface area (Å²) < 4.78 is 5.30. The first kappa shape index (κ1) is 17.3. The number of hydrogen-bond acceptors (Lipinski definition) is 4. The molecule has 28 heavy (non-hydrogen) atoms. The molecule has 0 bridgehead atoms. The molecule has 7 nitrogen and oxygen atoms in total. The number of aromatic nitrogens is 2. The Labute approximate surface area is 163 Å². The van der Waals surface area contributed by atoms with Gasteiger partial charge >= 0.3 is 6.03 Å². The normalized spacial score (nSPS) is 23.1. The molecule has 3 amide bonds. The molecule has 1 unspecified atom stereocenters. The number of H-pyrrole nitrogens is 1. The summed E-state index contributed by atoms with van der Waals surface area (Å²) in [4.78, 5) is 29.4. The number of ether oxygens (including phenoxy) is 1. The van der Waals surface area contributed by atoms with E-state index in [-0.39, 0.29) is 17.4 Å². The van der Waals surface area contributed by atoms with Crippen molar-refractivity contribution >= 4 is 11.9 Å². The second kappa shape index (κ2) is 6.36. The van der Waals surface area contributed by atoms with Crippen LogP contribution in [0.15, 0.2) is 30.5 Å². The first-order valence-electron chi connectivity index (χ1n) is 9.92. The summed E-state index contributed by atoms with van der Waals surface area (Å²) >= 11 is 0. The van der Waals surface area contributed by atoms with Crippen LogP contribution in [0.1, 0.15) is 55.0 Å². The quantitative estimate of drug-likeness (QED) is 0.827. The lowest BCUT2D eigenvalue weighted by molar-refractivity contribution is -0.129. The van der Waals surface area contributed by atoms with Gasteiger partial charge in [-0.05, 0) is 30.5 Å². The molecule has 1 aromatic heterocycles. The first-order valence-corrected chi connectivity index (χ1v) is 9.92. The maximum absolute atomic E-state index is 13.2. The number of rotatable bonds is 4. The number of nitrogens with one attached hydrogen (secondary N) is 1. The van der Waals surface area contributed by atoms with Gasteiger partial charge in [0.05, 0.1) is 25.5 Å². The van der Waals surface area contributed by atoms with Crippen molar-refractivity contribution in [1.29, 1.82) is 0 Å². The van der Waals surface area contributed by atoms with Crippen molar-refractivity contribution in [3.8, 4) is 5.75 Å². The van der Waals surface area contributed by atoms with E-state index < -0.39 is 6.04 Å². The summed E-state index contributed by atoms with van der Waals surface area (Å²) in [7, 11) is 1.66. The zero-order chi connectivity index (χ0) is 19.3. The largest absolute Gasteiger partial charge is 0.497 e. The Morgan fingerprint density at radius 1 is 1.18 bits per heavy atom. The van der Waals surface area contributed by atoms with E-state index in [4.69, 9.17) is 4.74 Å². The fourth-order valence-electron chi connectivity index (χ4n) is 5.11. The van der Waals surface area contributed by atoms with Crippen molar-refractivity contribution in [2.75, 3.05) is 13.7 Å². The van der Waals surface area contributed by atoms with Crippen LogP contribution >= 0.6 is 0 Å². The van der Waals surface area contributed by atoms with Crippen LogP contribution in [0.4, 0.5) is 4.79 Å². The molecule has 146 valence electrons. The van der Waals surface area contributed by atoms with Crippen molar-refractivity contribution in [2.24, 2.45) is 0 Å². The number of nitrogens with zero attached hydrogens (tertiary/aromatic N) is 3. The Balaban J connectivity index is 1.46. The molecule has 1 aliphatic carbocycles. The van der Waals surface area contributed by atoms with E-state index in [1.807, 2.05) is 12.1 Å². The molecule has 5 rings (SSSR count). The van der Waals surface area contributed by atoms with Gasteiger partial charge in [0.25, 0.3) is 5.91 Å². The molecule has 1 N–H and O–H groups in total. The second-order valence-corrected chi connectivity index (χ2v) is 8.11. The molecular formula is C21H24N4O3. The van der Waals surface area contributed by atoms with Gasteiger partial charge in [-0.3, -0.25) is 14.8 Å².